The Kier molecular flexibility index (Phi) is 4.93. The Morgan fingerprint density at radius 3 is 2.65 bits per heavy atom. The first-order chi connectivity index (χ1) is 12.4. The summed E-state index contributed by atoms with van der Waals surface area (Å²) in [4.78, 5) is 4.79. The van der Waals surface area contributed by atoms with E-state index in [-0.39, 0.29) is 5.82 Å². The van der Waals surface area contributed by atoms with Gasteiger partial charge in [-0.25, -0.2) is 4.39 Å². The minimum Gasteiger partial charge on any atom is -0.379 e. The van der Waals surface area contributed by atoms with Crippen molar-refractivity contribution < 1.29 is 4.39 Å². The number of thioether (sulfide) groups is 1. The number of nitrogens with two attached hydrogens (primary N) is 1. The average molecular weight is 409 g/mol. The third-order valence-corrected chi connectivity index (χ3v) is 6.75. The molecule has 2 N–H and O–H groups in total. The molecule has 2 nitrogen and oxygen atoms in total. The molecule has 0 aromatic heterocycles. The van der Waals surface area contributed by atoms with E-state index >= 15 is 0 Å². The van der Waals surface area contributed by atoms with Crippen molar-refractivity contribution in [2.45, 2.75) is 31.2 Å². The maximum atomic E-state index is 14.9. The molecule has 2 aliphatic rings. The minimum absolute atomic E-state index is 0.231. The minimum atomic E-state index is -0.570. The van der Waals surface area contributed by atoms with E-state index in [0.717, 1.165) is 42.6 Å². The lowest BCUT2D eigenvalue weighted by Gasteiger charge is -2.37. The summed E-state index contributed by atoms with van der Waals surface area (Å²) in [7, 11) is 0. The number of rotatable bonds is 2. The highest BCUT2D eigenvalue weighted by Crippen LogP contribution is 2.47. The molecular weight excluding hydrogens is 390 g/mol. The zero-order chi connectivity index (χ0) is 18.3. The SMILES string of the molecule is NC1=N[C@@]2(c3cc(-c4cc(Cl)cc(Cl)c4)ccc3F)CCC[C@H](CS1)C2. The zero-order valence-electron chi connectivity index (χ0n) is 14.1. The normalized spacial score (nSPS) is 25.5. The van der Waals surface area contributed by atoms with E-state index < -0.39 is 5.54 Å². The van der Waals surface area contributed by atoms with Gasteiger partial charge in [0.15, 0.2) is 5.17 Å². The molecule has 1 aliphatic carbocycles. The van der Waals surface area contributed by atoms with E-state index in [1.54, 1.807) is 23.9 Å². The highest BCUT2D eigenvalue weighted by atomic mass is 35.5. The van der Waals surface area contributed by atoms with Crippen molar-refractivity contribution in [3.63, 3.8) is 0 Å². The molecule has 26 heavy (non-hydrogen) atoms. The molecule has 2 aromatic rings. The summed E-state index contributed by atoms with van der Waals surface area (Å²) in [6, 6.07) is 10.5. The van der Waals surface area contributed by atoms with Crippen LogP contribution in [-0.4, -0.2) is 10.9 Å². The molecule has 1 aliphatic heterocycles. The first kappa shape index (κ1) is 18.1. The molecule has 0 unspecified atom stereocenters. The van der Waals surface area contributed by atoms with Gasteiger partial charge in [-0.05, 0) is 66.6 Å². The predicted molar refractivity (Wildman–Crippen MR) is 110 cm³/mol. The second-order valence-corrected chi connectivity index (χ2v) is 9.02. The van der Waals surface area contributed by atoms with Crippen molar-refractivity contribution >= 4 is 40.1 Å². The zero-order valence-corrected chi connectivity index (χ0v) is 16.5. The summed E-state index contributed by atoms with van der Waals surface area (Å²) >= 11 is 13.9. The second kappa shape index (κ2) is 7.06. The van der Waals surface area contributed by atoms with Gasteiger partial charge in [0.2, 0.25) is 0 Å². The van der Waals surface area contributed by atoms with Gasteiger partial charge in [0, 0.05) is 21.4 Å². The van der Waals surface area contributed by atoms with E-state index in [1.807, 2.05) is 18.2 Å². The monoisotopic (exact) mass is 408 g/mol. The molecule has 6 heteroatoms. The van der Waals surface area contributed by atoms with Crippen LogP contribution in [0, 0.1) is 11.7 Å². The van der Waals surface area contributed by atoms with E-state index in [1.165, 1.54) is 6.07 Å². The summed E-state index contributed by atoms with van der Waals surface area (Å²) in [5, 5.41) is 1.68. The Morgan fingerprint density at radius 2 is 1.88 bits per heavy atom. The lowest BCUT2D eigenvalue weighted by molar-refractivity contribution is 0.241. The van der Waals surface area contributed by atoms with Gasteiger partial charge in [-0.2, -0.15) is 0 Å². The van der Waals surface area contributed by atoms with Crippen molar-refractivity contribution in [1.82, 2.24) is 0 Å². The van der Waals surface area contributed by atoms with Crippen LogP contribution in [0.5, 0.6) is 0 Å². The summed E-state index contributed by atoms with van der Waals surface area (Å²) in [5.41, 5.74) is 7.91. The summed E-state index contributed by atoms with van der Waals surface area (Å²) in [5.74, 6) is 1.25. The van der Waals surface area contributed by atoms with Crippen molar-refractivity contribution in [2.24, 2.45) is 16.6 Å². The van der Waals surface area contributed by atoms with E-state index in [2.05, 4.69) is 0 Å². The highest BCUT2D eigenvalue weighted by molar-refractivity contribution is 8.13. The molecule has 2 atom stereocenters. The smallest absolute Gasteiger partial charge is 0.154 e. The highest BCUT2D eigenvalue weighted by Gasteiger charge is 2.41. The topological polar surface area (TPSA) is 38.4 Å². The number of halogens is 3. The molecule has 0 saturated heterocycles. The molecule has 1 fully saturated rings. The predicted octanol–water partition coefficient (Wildman–Crippen LogP) is 6.25. The molecule has 0 radical (unpaired) electrons. The first-order valence-electron chi connectivity index (χ1n) is 8.70. The van der Waals surface area contributed by atoms with Gasteiger partial charge >= 0.3 is 0 Å². The third kappa shape index (κ3) is 3.47. The summed E-state index contributed by atoms with van der Waals surface area (Å²) < 4.78 is 14.9. The number of hydrogen-bond donors (Lipinski definition) is 1. The van der Waals surface area contributed by atoms with Crippen LogP contribution in [0.1, 0.15) is 31.2 Å². The van der Waals surface area contributed by atoms with E-state index in [9.17, 15) is 4.39 Å². The Hall–Kier alpha value is -1.23. The second-order valence-electron chi connectivity index (χ2n) is 7.11. The Labute approximate surface area is 167 Å². The van der Waals surface area contributed by atoms with E-state index in [4.69, 9.17) is 33.9 Å². The number of aliphatic imine (C=N–C) groups is 1. The molecule has 136 valence electrons. The standard InChI is InChI=1S/C20H19Cl2FN2S/c21-15-6-14(7-16(22)9-15)13-3-4-18(23)17(8-13)20-5-1-2-12(10-20)11-26-19(24)25-20/h3-4,6-9,12H,1-2,5,10-11H2,(H2,24,25)/t12-,20-/m0/s1. The van der Waals surface area contributed by atoms with Gasteiger partial charge in [0.05, 0.1) is 5.54 Å². The summed E-state index contributed by atoms with van der Waals surface area (Å²) in [6.45, 7) is 0. The number of hydrogen-bond acceptors (Lipinski definition) is 3. The van der Waals surface area contributed by atoms with Crippen LogP contribution >= 0.6 is 35.0 Å². The van der Waals surface area contributed by atoms with E-state index in [0.29, 0.717) is 26.7 Å². The van der Waals surface area contributed by atoms with Crippen LogP contribution in [0.4, 0.5) is 4.39 Å². The van der Waals surface area contributed by atoms with Crippen molar-refractivity contribution in [2.75, 3.05) is 5.75 Å². The van der Waals surface area contributed by atoms with Gasteiger partial charge in [-0.15, -0.1) is 0 Å². The molecule has 0 spiro atoms. The lowest BCUT2D eigenvalue weighted by atomic mass is 9.72. The molecular formula is C20H19Cl2FN2S. The fourth-order valence-electron chi connectivity index (χ4n) is 4.14. The van der Waals surface area contributed by atoms with Crippen LogP contribution in [0.15, 0.2) is 41.4 Å². The third-order valence-electron chi connectivity index (χ3n) is 5.28. The Bertz CT molecular complexity index is 866. The quantitative estimate of drug-likeness (QED) is 0.637. The molecule has 4 rings (SSSR count). The number of nitrogens with zero attached hydrogens (tertiary/aromatic N) is 1. The molecule has 2 bridgehead atoms. The van der Waals surface area contributed by atoms with Crippen LogP contribution in [0.25, 0.3) is 11.1 Å². The van der Waals surface area contributed by atoms with Gasteiger partial charge in [0.25, 0.3) is 0 Å². The van der Waals surface area contributed by atoms with Gasteiger partial charge in [-0.3, -0.25) is 4.99 Å². The van der Waals surface area contributed by atoms with Crippen molar-refractivity contribution in [3.8, 4) is 11.1 Å². The fourth-order valence-corrected chi connectivity index (χ4v) is 5.60. The first-order valence-corrected chi connectivity index (χ1v) is 10.4. The molecule has 1 saturated carbocycles. The van der Waals surface area contributed by atoms with Gasteiger partial charge < -0.3 is 5.73 Å². The largest absolute Gasteiger partial charge is 0.379 e. The maximum absolute atomic E-state index is 14.9. The summed E-state index contributed by atoms with van der Waals surface area (Å²) in [6.07, 6.45) is 3.86. The van der Waals surface area contributed by atoms with Crippen LogP contribution in [0.3, 0.4) is 0 Å². The number of benzene rings is 2. The van der Waals surface area contributed by atoms with Gasteiger partial charge in [-0.1, -0.05) is 47.5 Å². The van der Waals surface area contributed by atoms with Crippen LogP contribution < -0.4 is 5.73 Å². The van der Waals surface area contributed by atoms with Crippen molar-refractivity contribution in [3.05, 3.63) is 57.8 Å². The van der Waals surface area contributed by atoms with Crippen molar-refractivity contribution in [1.29, 1.82) is 0 Å². The maximum Gasteiger partial charge on any atom is 0.154 e. The number of amidine groups is 1. The van der Waals surface area contributed by atoms with Crippen LogP contribution in [-0.2, 0) is 5.54 Å². The molecule has 0 amide bonds. The fraction of sp³-hybridized carbons (Fsp3) is 0.350. The Morgan fingerprint density at radius 1 is 1.12 bits per heavy atom. The lowest BCUT2D eigenvalue weighted by Crippen LogP contribution is -2.32. The Balaban J connectivity index is 1.84. The number of fused-ring (bicyclic) bond motifs is 2. The van der Waals surface area contributed by atoms with Crippen LogP contribution in [0.2, 0.25) is 10.0 Å². The van der Waals surface area contributed by atoms with Gasteiger partial charge in [0.1, 0.15) is 5.82 Å². The molecule has 2 aromatic carbocycles. The average Bonchev–Trinajstić information content (AvgIpc) is 2.70. The molecule has 1 heterocycles.